The molecule has 3 aromatic rings. The van der Waals surface area contributed by atoms with Crippen LogP contribution >= 0.6 is 33.9 Å². The molecule has 0 spiro atoms. The maximum atomic E-state index is 6.61. The number of aromatic nitrogens is 1. The first-order chi connectivity index (χ1) is 12.2. The summed E-state index contributed by atoms with van der Waals surface area (Å²) in [6, 6.07) is 16.9. The SMILES string of the molecule is CN1CCC(OC(c2cccc(I)c2)c2nc3ccccc3s2)CC1. The Morgan fingerprint density at radius 2 is 1.96 bits per heavy atom. The van der Waals surface area contributed by atoms with Gasteiger partial charge in [-0.1, -0.05) is 24.3 Å². The molecule has 4 rings (SSSR count). The van der Waals surface area contributed by atoms with Crippen molar-refractivity contribution in [1.82, 2.24) is 9.88 Å². The molecule has 3 nitrogen and oxygen atoms in total. The van der Waals surface area contributed by atoms with Crippen molar-refractivity contribution in [3.8, 4) is 0 Å². The van der Waals surface area contributed by atoms with E-state index in [1.165, 1.54) is 13.8 Å². The van der Waals surface area contributed by atoms with Gasteiger partial charge in [0.15, 0.2) is 0 Å². The summed E-state index contributed by atoms with van der Waals surface area (Å²) in [4.78, 5) is 7.25. The van der Waals surface area contributed by atoms with Crippen molar-refractivity contribution >= 4 is 44.1 Å². The van der Waals surface area contributed by atoms with Crippen molar-refractivity contribution in [2.24, 2.45) is 0 Å². The van der Waals surface area contributed by atoms with Gasteiger partial charge < -0.3 is 9.64 Å². The monoisotopic (exact) mass is 464 g/mol. The van der Waals surface area contributed by atoms with E-state index in [1.54, 1.807) is 11.3 Å². The van der Waals surface area contributed by atoms with Gasteiger partial charge in [-0.05, 0) is 72.3 Å². The third kappa shape index (κ3) is 4.05. The van der Waals surface area contributed by atoms with Gasteiger partial charge in [-0.2, -0.15) is 0 Å². The highest BCUT2D eigenvalue weighted by Crippen LogP contribution is 2.35. The second-order valence-corrected chi connectivity index (χ2v) is 8.90. The van der Waals surface area contributed by atoms with Crippen molar-refractivity contribution in [1.29, 1.82) is 0 Å². The van der Waals surface area contributed by atoms with Crippen LogP contribution in [0.5, 0.6) is 0 Å². The average molecular weight is 464 g/mol. The van der Waals surface area contributed by atoms with E-state index in [2.05, 4.69) is 77.0 Å². The summed E-state index contributed by atoms with van der Waals surface area (Å²) in [5.41, 5.74) is 2.26. The standard InChI is InChI=1S/C20H21IN2OS/c1-23-11-9-16(10-12-23)24-19(14-5-4-6-15(21)13-14)20-22-17-7-2-3-8-18(17)25-20/h2-8,13,16,19H,9-12H2,1H3. The van der Waals surface area contributed by atoms with Crippen LogP contribution in [-0.2, 0) is 4.74 Å². The van der Waals surface area contributed by atoms with Crippen LogP contribution < -0.4 is 0 Å². The summed E-state index contributed by atoms with van der Waals surface area (Å²) in [5.74, 6) is 0. The van der Waals surface area contributed by atoms with Gasteiger partial charge in [0.2, 0.25) is 0 Å². The molecular weight excluding hydrogens is 443 g/mol. The van der Waals surface area contributed by atoms with E-state index < -0.39 is 0 Å². The Labute approximate surface area is 166 Å². The zero-order valence-electron chi connectivity index (χ0n) is 14.2. The minimum atomic E-state index is -0.0828. The molecule has 1 fully saturated rings. The Hall–Kier alpha value is -1.02. The minimum absolute atomic E-state index is 0.0828. The normalized spacial score (nSPS) is 17.8. The fourth-order valence-corrected chi connectivity index (χ4v) is 4.86. The summed E-state index contributed by atoms with van der Waals surface area (Å²) < 4.78 is 9.07. The first-order valence-electron chi connectivity index (χ1n) is 8.64. The summed E-state index contributed by atoms with van der Waals surface area (Å²) in [7, 11) is 2.18. The number of rotatable bonds is 4. The zero-order chi connectivity index (χ0) is 17.2. The fourth-order valence-electron chi connectivity index (χ4n) is 3.26. The first-order valence-corrected chi connectivity index (χ1v) is 10.5. The molecule has 1 saturated heterocycles. The third-order valence-electron chi connectivity index (χ3n) is 4.68. The molecule has 2 heterocycles. The lowest BCUT2D eigenvalue weighted by Crippen LogP contribution is -2.35. The van der Waals surface area contributed by atoms with Gasteiger partial charge in [-0.15, -0.1) is 11.3 Å². The van der Waals surface area contributed by atoms with E-state index in [0.29, 0.717) is 6.10 Å². The summed E-state index contributed by atoms with van der Waals surface area (Å²) >= 11 is 4.11. The highest BCUT2D eigenvalue weighted by atomic mass is 127. The molecule has 1 aliphatic heterocycles. The Morgan fingerprint density at radius 3 is 2.72 bits per heavy atom. The number of halogens is 1. The second-order valence-electron chi connectivity index (χ2n) is 6.59. The van der Waals surface area contributed by atoms with Gasteiger partial charge in [0.05, 0.1) is 16.3 Å². The van der Waals surface area contributed by atoms with E-state index in [0.717, 1.165) is 36.5 Å². The van der Waals surface area contributed by atoms with Crippen LogP contribution in [0.25, 0.3) is 10.2 Å². The molecule has 1 aromatic heterocycles. The summed E-state index contributed by atoms with van der Waals surface area (Å²) in [6.45, 7) is 2.20. The maximum absolute atomic E-state index is 6.61. The lowest BCUT2D eigenvalue weighted by Gasteiger charge is -2.31. The van der Waals surface area contributed by atoms with Crippen LogP contribution in [0.15, 0.2) is 48.5 Å². The molecule has 2 aromatic carbocycles. The third-order valence-corrected chi connectivity index (χ3v) is 6.43. The highest BCUT2D eigenvalue weighted by Gasteiger charge is 2.26. The number of para-hydroxylation sites is 1. The molecule has 1 unspecified atom stereocenters. The van der Waals surface area contributed by atoms with Crippen molar-refractivity contribution < 1.29 is 4.74 Å². The molecule has 1 atom stereocenters. The molecule has 0 radical (unpaired) electrons. The molecule has 0 bridgehead atoms. The van der Waals surface area contributed by atoms with Crippen LogP contribution in [0.1, 0.15) is 29.5 Å². The molecule has 0 aliphatic carbocycles. The van der Waals surface area contributed by atoms with Crippen molar-refractivity contribution in [2.45, 2.75) is 25.0 Å². The molecule has 0 N–H and O–H groups in total. The number of fused-ring (bicyclic) bond motifs is 1. The zero-order valence-corrected chi connectivity index (χ0v) is 17.2. The Morgan fingerprint density at radius 1 is 1.16 bits per heavy atom. The van der Waals surface area contributed by atoms with Crippen molar-refractivity contribution in [2.75, 3.05) is 20.1 Å². The van der Waals surface area contributed by atoms with E-state index >= 15 is 0 Å². The fraction of sp³-hybridized carbons (Fsp3) is 0.350. The molecule has 130 valence electrons. The van der Waals surface area contributed by atoms with Crippen LogP contribution in [0.4, 0.5) is 0 Å². The van der Waals surface area contributed by atoms with Gasteiger partial charge in [0.1, 0.15) is 11.1 Å². The Bertz CT molecular complexity index is 825. The average Bonchev–Trinajstić information content (AvgIpc) is 3.05. The quantitative estimate of drug-likeness (QED) is 0.503. The van der Waals surface area contributed by atoms with Gasteiger partial charge in [0.25, 0.3) is 0 Å². The second kappa shape index (κ2) is 7.70. The number of hydrogen-bond acceptors (Lipinski definition) is 4. The molecule has 25 heavy (non-hydrogen) atoms. The Kier molecular flexibility index (Phi) is 5.36. The van der Waals surface area contributed by atoms with Crippen molar-refractivity contribution in [3.63, 3.8) is 0 Å². The van der Waals surface area contributed by atoms with Crippen LogP contribution in [0.2, 0.25) is 0 Å². The van der Waals surface area contributed by atoms with E-state index in [4.69, 9.17) is 9.72 Å². The molecule has 0 amide bonds. The number of hydrogen-bond donors (Lipinski definition) is 0. The van der Waals surface area contributed by atoms with Crippen molar-refractivity contribution in [3.05, 3.63) is 62.7 Å². The lowest BCUT2D eigenvalue weighted by atomic mass is 10.1. The van der Waals surface area contributed by atoms with E-state index in [1.807, 2.05) is 6.07 Å². The highest BCUT2D eigenvalue weighted by molar-refractivity contribution is 14.1. The largest absolute Gasteiger partial charge is 0.363 e. The first kappa shape index (κ1) is 17.4. The van der Waals surface area contributed by atoms with Crippen LogP contribution in [0, 0.1) is 3.57 Å². The summed E-state index contributed by atoms with van der Waals surface area (Å²) in [6.07, 6.45) is 2.38. The van der Waals surface area contributed by atoms with Gasteiger partial charge >= 0.3 is 0 Å². The van der Waals surface area contributed by atoms with Gasteiger partial charge in [-0.3, -0.25) is 0 Å². The van der Waals surface area contributed by atoms with Crippen LogP contribution in [0.3, 0.4) is 0 Å². The number of piperidine rings is 1. The van der Waals surface area contributed by atoms with Crippen LogP contribution in [-0.4, -0.2) is 36.1 Å². The number of nitrogens with zero attached hydrogens (tertiary/aromatic N) is 2. The maximum Gasteiger partial charge on any atom is 0.134 e. The van der Waals surface area contributed by atoms with E-state index in [-0.39, 0.29) is 6.10 Å². The number of benzene rings is 2. The molecule has 1 aliphatic rings. The number of thiazole rings is 1. The van der Waals surface area contributed by atoms with E-state index in [9.17, 15) is 0 Å². The Balaban J connectivity index is 1.67. The number of ether oxygens (including phenoxy) is 1. The smallest absolute Gasteiger partial charge is 0.134 e. The molecular formula is C20H21IN2OS. The lowest BCUT2D eigenvalue weighted by molar-refractivity contribution is -0.0234. The molecule has 0 saturated carbocycles. The summed E-state index contributed by atoms with van der Waals surface area (Å²) in [5, 5.41) is 1.06. The predicted octanol–water partition coefficient (Wildman–Crippen LogP) is 5.10. The van der Waals surface area contributed by atoms with Gasteiger partial charge in [0, 0.05) is 16.7 Å². The number of likely N-dealkylation sites (tertiary alicyclic amines) is 1. The molecule has 5 heteroatoms. The van der Waals surface area contributed by atoms with Gasteiger partial charge in [-0.25, -0.2) is 4.98 Å². The minimum Gasteiger partial charge on any atom is -0.363 e. The topological polar surface area (TPSA) is 25.4 Å². The predicted molar refractivity (Wildman–Crippen MR) is 112 cm³/mol.